The molecule has 0 aromatic heterocycles. The fourth-order valence-electron chi connectivity index (χ4n) is 4.97. The number of ether oxygens (including phenoxy) is 1. The predicted octanol–water partition coefficient (Wildman–Crippen LogP) is 8.75. The highest BCUT2D eigenvalue weighted by Crippen LogP contribution is 2.55. The van der Waals surface area contributed by atoms with Gasteiger partial charge in [-0.2, -0.15) is 4.67 Å². The van der Waals surface area contributed by atoms with Crippen LogP contribution in [0.25, 0.3) is 0 Å². The molecule has 0 spiro atoms. The summed E-state index contributed by atoms with van der Waals surface area (Å²) in [6.45, 7) is 5.89. The smallest absolute Gasteiger partial charge is 0.463 e. The molecule has 2 aromatic carbocycles. The maximum atomic E-state index is 14.9. The Morgan fingerprint density at radius 3 is 2.00 bits per heavy atom. The molecule has 2 rings (SSSR count). The molecule has 0 aliphatic heterocycles. The van der Waals surface area contributed by atoms with Crippen molar-refractivity contribution in [2.45, 2.75) is 116 Å². The van der Waals surface area contributed by atoms with Crippen molar-refractivity contribution in [1.29, 1.82) is 0 Å². The molecule has 11 nitrogen and oxygen atoms in total. The second-order valence-electron chi connectivity index (χ2n) is 11.5. The molecule has 2 aromatic rings. The first kappa shape index (κ1) is 38.9. The van der Waals surface area contributed by atoms with Crippen molar-refractivity contribution in [3.05, 3.63) is 70.3 Å². The molecular weight excluding hydrogens is 611 g/mol. The van der Waals surface area contributed by atoms with Crippen LogP contribution in [0, 0.1) is 10.1 Å². The Labute approximate surface area is 273 Å². The van der Waals surface area contributed by atoms with Gasteiger partial charge in [-0.25, -0.2) is 9.36 Å². The lowest BCUT2D eigenvalue weighted by Crippen LogP contribution is -2.43. The molecule has 0 radical (unpaired) electrons. The number of nitrogens with zero attached hydrogens (tertiary/aromatic N) is 2. The van der Waals surface area contributed by atoms with Gasteiger partial charge in [0.25, 0.3) is 5.69 Å². The van der Waals surface area contributed by atoms with Crippen molar-refractivity contribution in [3.8, 4) is 5.75 Å². The minimum atomic E-state index is -4.58. The summed E-state index contributed by atoms with van der Waals surface area (Å²) < 4.78 is 33.3. The number of unbranched alkanes of at least 4 members (excludes halogenated alkanes) is 10. The van der Waals surface area contributed by atoms with Crippen molar-refractivity contribution in [3.63, 3.8) is 0 Å². The normalized spacial score (nSPS) is 13.9. The number of carbonyl (C=O) groups excluding carboxylic acids is 1. The molecule has 1 N–H and O–H groups in total. The van der Waals surface area contributed by atoms with Crippen LogP contribution in [0.3, 0.4) is 0 Å². The molecule has 0 amide bonds. The summed E-state index contributed by atoms with van der Waals surface area (Å²) in [5.74, 6) is -2.00. The molecule has 0 aliphatic rings. The van der Waals surface area contributed by atoms with Crippen molar-refractivity contribution < 1.29 is 38.0 Å². The van der Waals surface area contributed by atoms with Crippen LogP contribution in [-0.2, 0) is 29.8 Å². The molecule has 1 unspecified atom stereocenters. The van der Waals surface area contributed by atoms with E-state index in [9.17, 15) is 29.4 Å². The van der Waals surface area contributed by atoms with E-state index in [2.05, 4.69) is 13.8 Å². The summed E-state index contributed by atoms with van der Waals surface area (Å²) in [5, 5.41) is 21.6. The topological polar surface area (TPSA) is 146 Å². The number of hydrogen-bond donors (Lipinski definition) is 1. The Hall–Kier alpha value is -3.27. The van der Waals surface area contributed by atoms with Gasteiger partial charge in [0.15, 0.2) is 6.10 Å². The summed E-state index contributed by atoms with van der Waals surface area (Å²) in [5.41, 5.74) is 0.502. The third kappa shape index (κ3) is 14.0. The number of carbonyl (C=O) groups is 2. The molecule has 0 heterocycles. The van der Waals surface area contributed by atoms with Crippen molar-refractivity contribution >= 4 is 25.4 Å². The Morgan fingerprint density at radius 2 is 1.43 bits per heavy atom. The van der Waals surface area contributed by atoms with E-state index in [0.717, 1.165) is 64.2 Å². The summed E-state index contributed by atoms with van der Waals surface area (Å²) in [6, 6.07) is 12.6. The molecule has 3 atom stereocenters. The van der Waals surface area contributed by atoms with Gasteiger partial charge in [0, 0.05) is 18.7 Å². The zero-order valence-electron chi connectivity index (χ0n) is 27.5. The molecule has 0 saturated heterocycles. The van der Waals surface area contributed by atoms with Crippen molar-refractivity contribution in [2.75, 3.05) is 13.2 Å². The monoisotopic (exact) mass is 662 g/mol. The number of hydrogen-bond acceptors (Lipinski definition) is 8. The van der Waals surface area contributed by atoms with Crippen LogP contribution in [0.4, 0.5) is 5.69 Å². The Bertz CT molecular complexity index is 1230. The third-order valence-corrected chi connectivity index (χ3v) is 9.74. The van der Waals surface area contributed by atoms with Crippen LogP contribution in [-0.4, -0.2) is 51.9 Å². The zero-order chi connectivity index (χ0) is 33.8. The van der Waals surface area contributed by atoms with Crippen LogP contribution in [0.2, 0.25) is 0 Å². The minimum Gasteiger partial charge on any atom is -0.480 e. The van der Waals surface area contributed by atoms with E-state index >= 15 is 0 Å². The molecule has 0 fully saturated rings. The fraction of sp³-hybridized carbons (Fsp3) is 0.588. The number of nitro groups is 1. The average Bonchev–Trinajstić information content (AvgIpc) is 3.03. The van der Waals surface area contributed by atoms with Crippen LogP contribution in [0.5, 0.6) is 5.75 Å². The van der Waals surface area contributed by atoms with E-state index in [1.54, 1.807) is 24.3 Å². The minimum absolute atomic E-state index is 0.000161. The number of rotatable bonds is 25. The SMILES string of the molecule is CCCCCCCCOC(=O)[C@H](C)OP(=O)(Oc1ccc([N+](=O)[O-])cc1)N(CCCCCCCC)[C@@H](Cc1ccccc1)C(=O)O. The van der Waals surface area contributed by atoms with E-state index < -0.39 is 36.8 Å². The van der Waals surface area contributed by atoms with E-state index in [1.165, 1.54) is 35.9 Å². The molecule has 12 heteroatoms. The van der Waals surface area contributed by atoms with Crippen molar-refractivity contribution in [2.24, 2.45) is 0 Å². The number of benzene rings is 2. The van der Waals surface area contributed by atoms with E-state index in [-0.39, 0.29) is 31.0 Å². The second kappa shape index (κ2) is 21.5. The number of carboxylic acids is 1. The first-order chi connectivity index (χ1) is 22.1. The standard InChI is InChI=1S/C34H51N2O9P/c1-4-6-8-10-12-17-25-35(32(33(37)38)27-29-19-15-14-16-20-29)46(42,45-31-23-21-30(22-24-31)36(40)41)44-28(3)34(39)43-26-18-13-11-9-7-5-2/h14-16,19-24,28,32H,4-13,17-18,25-27H2,1-3H3,(H,37,38)/t28-,32-,46?/m0/s1. The highest BCUT2D eigenvalue weighted by Gasteiger charge is 2.45. The summed E-state index contributed by atoms with van der Waals surface area (Å²) in [4.78, 5) is 36.4. The van der Waals surface area contributed by atoms with Gasteiger partial charge in [-0.05, 0) is 43.9 Å². The maximum Gasteiger partial charge on any atom is 0.463 e. The van der Waals surface area contributed by atoms with Crippen LogP contribution in [0.1, 0.15) is 103 Å². The van der Waals surface area contributed by atoms with Gasteiger partial charge in [-0.1, -0.05) is 108 Å². The van der Waals surface area contributed by atoms with Crippen LogP contribution in [0.15, 0.2) is 54.6 Å². The number of esters is 1. The summed E-state index contributed by atoms with van der Waals surface area (Å²) in [6.07, 6.45) is 10.1. The Morgan fingerprint density at radius 1 is 0.870 bits per heavy atom. The lowest BCUT2D eigenvalue weighted by atomic mass is 10.1. The van der Waals surface area contributed by atoms with Gasteiger partial charge in [0.2, 0.25) is 0 Å². The number of carboxylic acid groups (broad SMARTS) is 1. The van der Waals surface area contributed by atoms with Crippen molar-refractivity contribution in [1.82, 2.24) is 4.67 Å². The molecule has 0 aliphatic carbocycles. The summed E-state index contributed by atoms with van der Waals surface area (Å²) >= 11 is 0. The van der Waals surface area contributed by atoms with Gasteiger partial charge in [0.1, 0.15) is 11.8 Å². The summed E-state index contributed by atoms with van der Waals surface area (Å²) in [7, 11) is -4.58. The number of aliphatic carboxylic acids is 1. The highest BCUT2D eigenvalue weighted by atomic mass is 31.2. The maximum absolute atomic E-state index is 14.9. The van der Waals surface area contributed by atoms with Crippen LogP contribution < -0.4 is 4.52 Å². The van der Waals surface area contributed by atoms with Crippen LogP contribution >= 0.6 is 7.75 Å². The van der Waals surface area contributed by atoms with E-state index in [4.69, 9.17) is 13.8 Å². The van der Waals surface area contributed by atoms with Gasteiger partial charge < -0.3 is 14.4 Å². The first-order valence-corrected chi connectivity index (χ1v) is 18.0. The number of nitro benzene ring substituents is 1. The van der Waals surface area contributed by atoms with Gasteiger partial charge >= 0.3 is 19.7 Å². The van der Waals surface area contributed by atoms with Gasteiger partial charge in [-0.15, -0.1) is 0 Å². The first-order valence-electron chi connectivity index (χ1n) is 16.5. The molecule has 0 saturated carbocycles. The van der Waals surface area contributed by atoms with Gasteiger partial charge in [-0.3, -0.25) is 19.4 Å². The lowest BCUT2D eigenvalue weighted by Gasteiger charge is -2.35. The molecular formula is C34H51N2O9P. The second-order valence-corrected chi connectivity index (χ2v) is 13.3. The molecule has 256 valence electrons. The quantitative estimate of drug-likeness (QED) is 0.0360. The Kier molecular flexibility index (Phi) is 18.2. The van der Waals surface area contributed by atoms with Gasteiger partial charge in [0.05, 0.1) is 11.5 Å². The highest BCUT2D eigenvalue weighted by molar-refractivity contribution is 7.51. The Balaban J connectivity index is 2.38. The predicted molar refractivity (Wildman–Crippen MR) is 178 cm³/mol. The number of non-ortho nitro benzene ring substituents is 1. The fourth-order valence-corrected chi connectivity index (χ4v) is 7.02. The largest absolute Gasteiger partial charge is 0.480 e. The lowest BCUT2D eigenvalue weighted by molar-refractivity contribution is -0.384. The third-order valence-electron chi connectivity index (χ3n) is 7.61. The molecule has 0 bridgehead atoms. The molecule has 46 heavy (non-hydrogen) atoms. The van der Waals surface area contributed by atoms with E-state index in [0.29, 0.717) is 18.4 Å². The van der Waals surface area contributed by atoms with E-state index in [1.807, 2.05) is 6.07 Å². The average molecular weight is 663 g/mol. The zero-order valence-corrected chi connectivity index (χ0v) is 28.4.